The minimum absolute atomic E-state index is 0.0264. The van der Waals surface area contributed by atoms with Gasteiger partial charge in [0, 0.05) is 12.1 Å². The Bertz CT molecular complexity index is 585. The highest BCUT2D eigenvalue weighted by Gasteiger charge is 2.29. The van der Waals surface area contributed by atoms with E-state index in [4.69, 9.17) is 0 Å². The molecule has 0 fully saturated rings. The summed E-state index contributed by atoms with van der Waals surface area (Å²) in [6.45, 7) is 3.86. The van der Waals surface area contributed by atoms with E-state index in [-0.39, 0.29) is 22.7 Å². The molecule has 1 unspecified atom stereocenters. The Labute approximate surface area is 111 Å². The first kappa shape index (κ1) is 14.4. The number of sulfone groups is 1. The first-order chi connectivity index (χ1) is 8.81. The highest BCUT2D eigenvalue weighted by molar-refractivity contribution is 7.91. The summed E-state index contributed by atoms with van der Waals surface area (Å²) in [6, 6.07) is 1.68. The molecule has 1 aromatic carbocycles. The van der Waals surface area contributed by atoms with Gasteiger partial charge in [-0.1, -0.05) is 13.8 Å². The minimum Gasteiger partial charge on any atom is -0.308 e. The van der Waals surface area contributed by atoms with Crippen LogP contribution < -0.4 is 5.32 Å². The summed E-state index contributed by atoms with van der Waals surface area (Å²) >= 11 is 0. The van der Waals surface area contributed by atoms with Crippen LogP contribution in [-0.4, -0.2) is 20.2 Å². The molecule has 6 heteroatoms. The quantitative estimate of drug-likeness (QED) is 0.851. The predicted octanol–water partition coefficient (Wildman–Crippen LogP) is 2.57. The number of hydrogen-bond donors (Lipinski definition) is 1. The molecular weight excluding hydrogens is 272 g/mol. The zero-order valence-corrected chi connectivity index (χ0v) is 11.7. The molecule has 106 valence electrons. The Morgan fingerprint density at radius 1 is 1.26 bits per heavy atom. The van der Waals surface area contributed by atoms with E-state index in [0.29, 0.717) is 18.4 Å². The average molecular weight is 289 g/mol. The van der Waals surface area contributed by atoms with Crippen molar-refractivity contribution in [3.8, 4) is 0 Å². The van der Waals surface area contributed by atoms with Crippen molar-refractivity contribution in [1.29, 1.82) is 0 Å². The van der Waals surface area contributed by atoms with Gasteiger partial charge in [-0.15, -0.1) is 0 Å². The van der Waals surface area contributed by atoms with E-state index in [2.05, 4.69) is 5.32 Å². The first-order valence-corrected chi connectivity index (χ1v) is 7.94. The van der Waals surface area contributed by atoms with Crippen LogP contribution in [0.3, 0.4) is 0 Å². The van der Waals surface area contributed by atoms with Crippen molar-refractivity contribution >= 4 is 9.84 Å². The number of halogens is 2. The second kappa shape index (κ2) is 5.17. The summed E-state index contributed by atoms with van der Waals surface area (Å²) < 4.78 is 50.9. The molecule has 0 saturated heterocycles. The molecule has 0 aliphatic carbocycles. The van der Waals surface area contributed by atoms with Crippen LogP contribution in [-0.2, 0) is 9.84 Å². The van der Waals surface area contributed by atoms with Crippen LogP contribution in [0.4, 0.5) is 8.78 Å². The van der Waals surface area contributed by atoms with Crippen LogP contribution in [0.5, 0.6) is 0 Å². The monoisotopic (exact) mass is 289 g/mol. The third kappa shape index (κ3) is 2.95. The van der Waals surface area contributed by atoms with E-state index in [1.807, 2.05) is 13.8 Å². The lowest BCUT2D eigenvalue weighted by Crippen LogP contribution is -2.28. The van der Waals surface area contributed by atoms with Crippen LogP contribution in [0.2, 0.25) is 0 Å². The second-order valence-corrected chi connectivity index (χ2v) is 7.22. The van der Waals surface area contributed by atoms with E-state index in [0.717, 1.165) is 12.1 Å². The molecule has 1 atom stereocenters. The molecule has 1 aliphatic heterocycles. The van der Waals surface area contributed by atoms with Gasteiger partial charge in [-0.25, -0.2) is 17.2 Å². The van der Waals surface area contributed by atoms with Crippen molar-refractivity contribution < 1.29 is 17.2 Å². The smallest absolute Gasteiger partial charge is 0.178 e. The summed E-state index contributed by atoms with van der Waals surface area (Å²) in [7, 11) is -3.53. The Hall–Kier alpha value is -1.01. The van der Waals surface area contributed by atoms with Gasteiger partial charge >= 0.3 is 0 Å². The Morgan fingerprint density at radius 2 is 1.89 bits per heavy atom. The fourth-order valence-corrected chi connectivity index (χ4v) is 4.01. The maximum atomic E-state index is 13.4. The Balaban J connectivity index is 2.59. The zero-order chi connectivity index (χ0) is 14.2. The van der Waals surface area contributed by atoms with E-state index in [1.54, 1.807) is 0 Å². The van der Waals surface area contributed by atoms with Crippen LogP contribution in [0, 0.1) is 11.6 Å². The maximum Gasteiger partial charge on any atom is 0.178 e. The number of fused-ring (bicyclic) bond motifs is 1. The van der Waals surface area contributed by atoms with Crippen LogP contribution in [0.1, 0.15) is 38.3 Å². The van der Waals surface area contributed by atoms with Gasteiger partial charge < -0.3 is 5.32 Å². The highest BCUT2D eigenvalue weighted by Crippen LogP contribution is 2.33. The van der Waals surface area contributed by atoms with E-state index >= 15 is 0 Å². The van der Waals surface area contributed by atoms with Gasteiger partial charge in [-0.05, 0) is 30.5 Å². The topological polar surface area (TPSA) is 46.2 Å². The second-order valence-electron chi connectivity index (χ2n) is 5.14. The number of hydrogen-bond acceptors (Lipinski definition) is 3. The van der Waals surface area contributed by atoms with E-state index < -0.39 is 21.5 Å². The normalized spacial score (nSPS) is 22.1. The molecule has 0 amide bonds. The lowest BCUT2D eigenvalue weighted by Gasteiger charge is -2.21. The van der Waals surface area contributed by atoms with Crippen LogP contribution in [0.15, 0.2) is 17.0 Å². The summed E-state index contributed by atoms with van der Waals surface area (Å²) in [5.74, 6) is -2.15. The third-order valence-corrected chi connectivity index (χ3v) is 5.05. The van der Waals surface area contributed by atoms with E-state index in [1.165, 1.54) is 0 Å². The zero-order valence-electron chi connectivity index (χ0n) is 10.9. The van der Waals surface area contributed by atoms with Gasteiger partial charge in [0.05, 0.1) is 10.6 Å². The van der Waals surface area contributed by atoms with Crippen molar-refractivity contribution in [2.24, 2.45) is 0 Å². The molecule has 19 heavy (non-hydrogen) atoms. The molecule has 0 saturated carbocycles. The molecule has 1 N–H and O–H groups in total. The van der Waals surface area contributed by atoms with Crippen molar-refractivity contribution in [1.82, 2.24) is 5.32 Å². The molecule has 0 radical (unpaired) electrons. The van der Waals surface area contributed by atoms with Crippen LogP contribution >= 0.6 is 0 Å². The van der Waals surface area contributed by atoms with Gasteiger partial charge in [-0.3, -0.25) is 0 Å². The van der Waals surface area contributed by atoms with Crippen molar-refractivity contribution in [3.05, 3.63) is 29.3 Å². The maximum absolute atomic E-state index is 13.4. The molecule has 0 spiro atoms. The molecule has 1 aliphatic rings. The summed E-state index contributed by atoms with van der Waals surface area (Å²) in [5, 5.41) is 3.21. The molecule has 0 bridgehead atoms. The summed E-state index contributed by atoms with van der Waals surface area (Å²) in [5.41, 5.74) is 0.338. The summed E-state index contributed by atoms with van der Waals surface area (Å²) in [4.78, 5) is -0.0814. The van der Waals surface area contributed by atoms with Crippen molar-refractivity contribution in [3.63, 3.8) is 0 Å². The third-order valence-electron chi connectivity index (χ3n) is 3.20. The van der Waals surface area contributed by atoms with Crippen LogP contribution in [0.25, 0.3) is 0 Å². The molecule has 1 aromatic rings. The molecule has 0 aromatic heterocycles. The standard InChI is InChI=1S/C13H17F2NO2S/c1-8(2)16-12-4-3-5-19(17,18)13-7-11(15)10(14)6-9(12)13/h6-8,12,16H,3-5H2,1-2H3. The van der Waals surface area contributed by atoms with Gasteiger partial charge in [-0.2, -0.15) is 0 Å². The first-order valence-electron chi connectivity index (χ1n) is 6.29. The molecule has 1 heterocycles. The fraction of sp³-hybridized carbons (Fsp3) is 0.538. The molecule has 3 nitrogen and oxygen atoms in total. The largest absolute Gasteiger partial charge is 0.308 e. The average Bonchev–Trinajstić information content (AvgIpc) is 2.39. The van der Waals surface area contributed by atoms with Gasteiger partial charge in [0.25, 0.3) is 0 Å². The van der Waals surface area contributed by atoms with Gasteiger partial charge in [0.15, 0.2) is 21.5 Å². The lowest BCUT2D eigenvalue weighted by molar-refractivity contribution is 0.440. The Morgan fingerprint density at radius 3 is 2.53 bits per heavy atom. The lowest BCUT2D eigenvalue weighted by atomic mass is 10.0. The molecule has 2 rings (SSSR count). The highest BCUT2D eigenvalue weighted by atomic mass is 32.2. The van der Waals surface area contributed by atoms with Gasteiger partial charge in [0.1, 0.15) is 0 Å². The SMILES string of the molecule is CC(C)NC1CCCS(=O)(=O)c2cc(F)c(F)cc21. The van der Waals surface area contributed by atoms with Crippen molar-refractivity contribution in [2.45, 2.75) is 43.7 Å². The Kier molecular flexibility index (Phi) is 3.92. The number of benzene rings is 1. The minimum atomic E-state index is -3.53. The molecular formula is C13H17F2NO2S. The fourth-order valence-electron chi connectivity index (χ4n) is 2.40. The van der Waals surface area contributed by atoms with E-state index in [9.17, 15) is 17.2 Å². The predicted molar refractivity (Wildman–Crippen MR) is 68.7 cm³/mol. The van der Waals surface area contributed by atoms with Crippen molar-refractivity contribution in [2.75, 3.05) is 5.75 Å². The number of rotatable bonds is 2. The number of nitrogens with one attached hydrogen (secondary N) is 1. The van der Waals surface area contributed by atoms with Gasteiger partial charge in [0.2, 0.25) is 0 Å². The summed E-state index contributed by atoms with van der Waals surface area (Å²) in [6.07, 6.45) is 1.07.